The van der Waals surface area contributed by atoms with Crippen LogP contribution in [0.1, 0.15) is 44.1 Å². The smallest absolute Gasteiger partial charge is 0.330 e. The molecule has 0 amide bonds. The van der Waals surface area contributed by atoms with Crippen molar-refractivity contribution in [1.82, 2.24) is 29.4 Å². The van der Waals surface area contributed by atoms with Crippen LogP contribution in [0.15, 0.2) is 58.4 Å². The minimum absolute atomic E-state index is 0.0397. The van der Waals surface area contributed by atoms with Gasteiger partial charge in [-0.05, 0) is 43.2 Å². The molecule has 0 fully saturated rings. The normalized spacial score (nSPS) is 12.2. The maximum absolute atomic E-state index is 12.4. The van der Waals surface area contributed by atoms with Crippen molar-refractivity contribution in [3.63, 3.8) is 0 Å². The molecule has 1 unspecified atom stereocenters. The Morgan fingerprint density at radius 3 is 2.64 bits per heavy atom. The molecule has 0 aliphatic heterocycles. The number of aryl methyl sites for hydroxylation is 2. The molecule has 4 rings (SSSR count). The monoisotopic (exact) mass is 448 g/mol. The molecule has 0 aliphatic rings. The van der Waals surface area contributed by atoms with Crippen LogP contribution in [0, 0.1) is 0 Å². The summed E-state index contributed by atoms with van der Waals surface area (Å²) in [6, 6.07) is 11.6. The highest BCUT2D eigenvalue weighted by Gasteiger charge is 2.17. The van der Waals surface area contributed by atoms with Gasteiger partial charge in [0.1, 0.15) is 17.3 Å². The van der Waals surface area contributed by atoms with E-state index in [1.807, 2.05) is 36.4 Å². The highest BCUT2D eigenvalue weighted by atomic mass is 16.5. The van der Waals surface area contributed by atoms with Gasteiger partial charge in [-0.15, -0.1) is 0 Å². The van der Waals surface area contributed by atoms with Crippen molar-refractivity contribution in [3.05, 3.63) is 81.0 Å². The van der Waals surface area contributed by atoms with Gasteiger partial charge >= 0.3 is 5.69 Å². The number of nitrogens with one attached hydrogen (secondary N) is 2. The van der Waals surface area contributed by atoms with Gasteiger partial charge < -0.3 is 14.6 Å². The summed E-state index contributed by atoms with van der Waals surface area (Å²) in [6.45, 7) is 5.09. The van der Waals surface area contributed by atoms with Crippen LogP contribution in [0.5, 0.6) is 11.5 Å². The number of hydrogen-bond acceptors (Lipinski definition) is 6. The first kappa shape index (κ1) is 22.5. The van der Waals surface area contributed by atoms with Crippen molar-refractivity contribution in [2.75, 3.05) is 0 Å². The summed E-state index contributed by atoms with van der Waals surface area (Å²) in [5.74, 6) is 2.11. The first-order valence-electron chi connectivity index (χ1n) is 11.1. The van der Waals surface area contributed by atoms with Crippen LogP contribution in [-0.4, -0.2) is 24.1 Å². The molecule has 1 aromatic carbocycles. The van der Waals surface area contributed by atoms with Gasteiger partial charge in [-0.3, -0.25) is 19.3 Å². The van der Waals surface area contributed by atoms with E-state index in [4.69, 9.17) is 4.74 Å². The lowest BCUT2D eigenvalue weighted by molar-refractivity contribution is 0.479. The average molecular weight is 449 g/mol. The molecule has 0 radical (unpaired) electrons. The van der Waals surface area contributed by atoms with E-state index in [2.05, 4.69) is 34.1 Å². The molecule has 0 aliphatic carbocycles. The molecule has 1 atom stereocenters. The first-order valence-corrected chi connectivity index (χ1v) is 11.1. The zero-order valence-corrected chi connectivity index (χ0v) is 19.0. The highest BCUT2D eigenvalue weighted by Crippen LogP contribution is 2.23. The Labute approximate surface area is 191 Å². The Morgan fingerprint density at radius 2 is 1.94 bits per heavy atom. The van der Waals surface area contributed by atoms with Crippen LogP contribution in [0.25, 0.3) is 11.2 Å². The van der Waals surface area contributed by atoms with Crippen LogP contribution in [0.2, 0.25) is 0 Å². The number of fused-ring (bicyclic) bond motifs is 1. The SMILES string of the molecule is CCCCn1c(=O)[nH]c(=O)c2c1nc(CNC(C)c1ccc(Oc3cccnc3)cc1)n2C. The third-order valence-electron chi connectivity index (χ3n) is 5.66. The molecule has 3 aromatic heterocycles. The predicted molar refractivity (Wildman–Crippen MR) is 127 cm³/mol. The largest absolute Gasteiger partial charge is 0.456 e. The van der Waals surface area contributed by atoms with Crippen LogP contribution >= 0.6 is 0 Å². The van der Waals surface area contributed by atoms with Crippen LogP contribution in [0.3, 0.4) is 0 Å². The van der Waals surface area contributed by atoms with Gasteiger partial charge in [0.2, 0.25) is 0 Å². The van der Waals surface area contributed by atoms with E-state index in [0.717, 1.165) is 24.2 Å². The Kier molecular flexibility index (Phi) is 6.69. The van der Waals surface area contributed by atoms with Gasteiger partial charge in [0.25, 0.3) is 5.56 Å². The van der Waals surface area contributed by atoms with Crippen molar-refractivity contribution in [2.45, 2.75) is 45.8 Å². The van der Waals surface area contributed by atoms with Crippen LogP contribution < -0.4 is 21.3 Å². The number of hydrogen-bond donors (Lipinski definition) is 2. The summed E-state index contributed by atoms with van der Waals surface area (Å²) < 4.78 is 9.10. The highest BCUT2D eigenvalue weighted by molar-refractivity contribution is 5.70. The van der Waals surface area contributed by atoms with Gasteiger partial charge in [-0.1, -0.05) is 25.5 Å². The van der Waals surface area contributed by atoms with Crippen molar-refractivity contribution in [1.29, 1.82) is 0 Å². The van der Waals surface area contributed by atoms with Crippen LogP contribution in [-0.2, 0) is 20.1 Å². The number of aromatic nitrogens is 5. The molecule has 172 valence electrons. The molecule has 0 saturated heterocycles. The topological polar surface area (TPSA) is 107 Å². The molecular formula is C24H28N6O3. The van der Waals surface area contributed by atoms with Crippen molar-refractivity contribution in [3.8, 4) is 11.5 Å². The molecule has 9 heteroatoms. The molecule has 3 heterocycles. The second-order valence-electron chi connectivity index (χ2n) is 7.99. The van der Waals surface area contributed by atoms with E-state index >= 15 is 0 Å². The van der Waals surface area contributed by atoms with E-state index in [1.165, 1.54) is 0 Å². The minimum Gasteiger partial charge on any atom is -0.456 e. The number of pyridine rings is 1. The quantitative estimate of drug-likeness (QED) is 0.407. The lowest BCUT2D eigenvalue weighted by atomic mass is 10.1. The zero-order chi connectivity index (χ0) is 23.4. The number of H-pyrrole nitrogens is 1. The predicted octanol–water partition coefficient (Wildman–Crippen LogP) is 3.26. The average Bonchev–Trinajstić information content (AvgIpc) is 3.15. The van der Waals surface area contributed by atoms with Gasteiger partial charge in [0, 0.05) is 25.8 Å². The second-order valence-corrected chi connectivity index (χ2v) is 7.99. The molecule has 9 nitrogen and oxygen atoms in total. The fourth-order valence-electron chi connectivity index (χ4n) is 3.70. The number of rotatable bonds is 9. The fourth-order valence-corrected chi connectivity index (χ4v) is 3.70. The summed E-state index contributed by atoms with van der Waals surface area (Å²) in [7, 11) is 1.80. The zero-order valence-electron chi connectivity index (χ0n) is 19.0. The maximum atomic E-state index is 12.4. The van der Waals surface area contributed by atoms with Gasteiger partial charge in [-0.2, -0.15) is 0 Å². The molecule has 33 heavy (non-hydrogen) atoms. The van der Waals surface area contributed by atoms with Gasteiger partial charge in [0.15, 0.2) is 11.2 Å². The van der Waals surface area contributed by atoms with E-state index in [-0.39, 0.29) is 6.04 Å². The summed E-state index contributed by atoms with van der Waals surface area (Å²) in [4.78, 5) is 35.8. The number of nitrogens with zero attached hydrogens (tertiary/aromatic N) is 4. The number of imidazole rings is 1. The lowest BCUT2D eigenvalue weighted by Gasteiger charge is -2.15. The maximum Gasteiger partial charge on any atom is 0.330 e. The fraction of sp³-hybridized carbons (Fsp3) is 0.333. The second kappa shape index (κ2) is 9.83. The number of ether oxygens (including phenoxy) is 1. The Balaban J connectivity index is 1.49. The molecule has 4 aromatic rings. The summed E-state index contributed by atoms with van der Waals surface area (Å²) >= 11 is 0. The third-order valence-corrected chi connectivity index (χ3v) is 5.66. The van der Waals surface area contributed by atoms with E-state index < -0.39 is 11.2 Å². The van der Waals surface area contributed by atoms with E-state index in [1.54, 1.807) is 28.6 Å². The van der Waals surface area contributed by atoms with Crippen molar-refractivity contribution < 1.29 is 4.74 Å². The van der Waals surface area contributed by atoms with Gasteiger partial charge in [0.05, 0.1) is 12.7 Å². The number of benzene rings is 1. The van der Waals surface area contributed by atoms with Crippen LogP contribution in [0.4, 0.5) is 0 Å². The van der Waals surface area contributed by atoms with Gasteiger partial charge in [-0.25, -0.2) is 9.78 Å². The Bertz CT molecular complexity index is 1340. The molecule has 0 saturated carbocycles. The first-order chi connectivity index (χ1) is 16.0. The van der Waals surface area contributed by atoms with Crippen molar-refractivity contribution >= 4 is 11.2 Å². The lowest BCUT2D eigenvalue weighted by Crippen LogP contribution is -2.31. The summed E-state index contributed by atoms with van der Waals surface area (Å²) in [5, 5.41) is 3.45. The molecule has 0 bridgehead atoms. The molecular weight excluding hydrogens is 420 g/mol. The van der Waals surface area contributed by atoms with Crippen molar-refractivity contribution in [2.24, 2.45) is 7.05 Å². The Morgan fingerprint density at radius 1 is 1.15 bits per heavy atom. The third kappa shape index (κ3) is 4.88. The minimum atomic E-state index is -0.416. The number of unbranched alkanes of at least 4 members (excludes halogenated alkanes) is 1. The standard InChI is InChI=1S/C24H28N6O3/c1-4-5-13-30-22-21(23(31)28-24(30)32)29(3)20(27-22)15-26-16(2)17-8-10-18(11-9-17)33-19-7-6-12-25-14-19/h6-12,14,16,26H,4-5,13,15H2,1-3H3,(H,28,31,32). The van der Waals surface area contributed by atoms with E-state index in [0.29, 0.717) is 35.8 Å². The summed E-state index contributed by atoms with van der Waals surface area (Å²) in [6.07, 6.45) is 5.15. The van der Waals surface area contributed by atoms with E-state index in [9.17, 15) is 9.59 Å². The molecule has 0 spiro atoms. The Hall–Kier alpha value is -3.72. The number of aromatic amines is 1. The summed E-state index contributed by atoms with van der Waals surface area (Å²) in [5.41, 5.74) is 1.10. The molecule has 2 N–H and O–H groups in total.